The average Bonchev–Trinajstić information content (AvgIpc) is 3.30. The standard InChI is InChI=1S/C31H37F4N4O2PS/c1-38-14-16-42(40,17-15-38)21-9-10-26(28(18-21)41-3)36-12-5-8-29-23(19-31(33,34)35)22-6-4-7-27(30(22)43-29)37-25-11-13-39(2)20-24(25)32/h4,6-7,9-10,18,24-25,36-37H,11-17,19-20H2,1-3H3/t24-,25+/m0/s1/i3D3. The number of fused-ring (bicyclic) bond motifs is 1. The summed E-state index contributed by atoms with van der Waals surface area (Å²) in [7, 11) is -1.68. The fourth-order valence-corrected chi connectivity index (χ4v) is 9.52. The van der Waals surface area contributed by atoms with Crippen LogP contribution in [-0.2, 0) is 11.0 Å². The fraction of sp³-hybridized carbons (Fsp3) is 0.484. The van der Waals surface area contributed by atoms with Crippen LogP contribution in [0.25, 0.3) is 10.1 Å². The molecule has 12 heteroatoms. The van der Waals surface area contributed by atoms with Crippen LogP contribution in [0.15, 0.2) is 36.4 Å². The van der Waals surface area contributed by atoms with Crippen LogP contribution in [0.5, 0.6) is 5.75 Å². The van der Waals surface area contributed by atoms with Crippen LogP contribution in [-0.4, -0.2) is 94.4 Å². The highest BCUT2D eigenvalue weighted by atomic mass is 32.1. The van der Waals surface area contributed by atoms with Gasteiger partial charge < -0.3 is 29.7 Å². The summed E-state index contributed by atoms with van der Waals surface area (Å²) < 4.78 is 98.1. The molecule has 2 atom stereocenters. The average molecular weight is 640 g/mol. The molecule has 6 nitrogen and oxygen atoms in total. The van der Waals surface area contributed by atoms with E-state index in [0.717, 1.165) is 11.3 Å². The van der Waals surface area contributed by atoms with Crippen LogP contribution in [0.2, 0.25) is 0 Å². The summed E-state index contributed by atoms with van der Waals surface area (Å²) in [5, 5.41) is 7.20. The third-order valence-electron chi connectivity index (χ3n) is 8.08. The number of ether oxygens (including phenoxy) is 1. The third-order valence-corrected chi connectivity index (χ3v) is 12.3. The third kappa shape index (κ3) is 7.49. The van der Waals surface area contributed by atoms with Gasteiger partial charge in [-0.1, -0.05) is 24.0 Å². The Morgan fingerprint density at radius 1 is 1.14 bits per heavy atom. The number of halogens is 4. The lowest BCUT2D eigenvalue weighted by Gasteiger charge is -2.33. The number of anilines is 2. The molecule has 232 valence electrons. The molecule has 0 aliphatic carbocycles. The number of nitrogens with one attached hydrogen (secondary N) is 2. The van der Waals surface area contributed by atoms with E-state index in [2.05, 4.69) is 27.4 Å². The molecule has 5 rings (SSSR count). The Bertz CT molecular complexity index is 1660. The molecule has 2 aliphatic heterocycles. The van der Waals surface area contributed by atoms with Gasteiger partial charge in [-0.05, 0) is 55.7 Å². The first kappa shape index (κ1) is 27.8. The Labute approximate surface area is 258 Å². The van der Waals surface area contributed by atoms with Crippen molar-refractivity contribution in [3.8, 4) is 17.6 Å². The molecule has 0 radical (unpaired) electrons. The van der Waals surface area contributed by atoms with Crippen LogP contribution in [0.4, 0.5) is 28.9 Å². The van der Waals surface area contributed by atoms with E-state index < -0.39 is 39.0 Å². The van der Waals surface area contributed by atoms with E-state index in [1.807, 2.05) is 19.0 Å². The van der Waals surface area contributed by atoms with E-state index in [1.165, 1.54) is 6.07 Å². The molecule has 2 saturated heterocycles. The predicted molar refractivity (Wildman–Crippen MR) is 169 cm³/mol. The molecule has 2 N–H and O–H groups in total. The smallest absolute Gasteiger partial charge is 0.393 e. The van der Waals surface area contributed by atoms with Crippen molar-refractivity contribution in [1.29, 1.82) is 0 Å². The summed E-state index contributed by atoms with van der Waals surface area (Å²) in [6.07, 6.45) is -5.23. The van der Waals surface area contributed by atoms with Crippen LogP contribution in [0.1, 0.15) is 21.0 Å². The monoisotopic (exact) mass is 639 g/mol. The molecule has 2 aliphatic rings. The van der Waals surface area contributed by atoms with Crippen molar-refractivity contribution in [3.05, 3.63) is 46.8 Å². The lowest BCUT2D eigenvalue weighted by Crippen LogP contribution is -2.46. The molecule has 3 aromatic rings. The largest absolute Gasteiger partial charge is 0.495 e. The summed E-state index contributed by atoms with van der Waals surface area (Å²) in [4.78, 5) is 4.24. The number of thiophene rings is 1. The van der Waals surface area contributed by atoms with E-state index in [0.29, 0.717) is 65.1 Å². The lowest BCUT2D eigenvalue weighted by atomic mass is 10.0. The second-order valence-electron chi connectivity index (χ2n) is 11.3. The molecule has 0 unspecified atom stereocenters. The predicted octanol–water partition coefficient (Wildman–Crippen LogP) is 5.87. The van der Waals surface area contributed by atoms with Crippen LogP contribution < -0.4 is 20.7 Å². The molecule has 0 spiro atoms. The Hall–Kier alpha value is -2.77. The van der Waals surface area contributed by atoms with Gasteiger partial charge in [-0.25, -0.2) is 4.39 Å². The maximum absolute atomic E-state index is 14.8. The summed E-state index contributed by atoms with van der Waals surface area (Å²) in [5.74, 6) is 5.75. The number of rotatable bonds is 7. The van der Waals surface area contributed by atoms with Gasteiger partial charge in [-0.15, -0.1) is 11.3 Å². The molecule has 2 fully saturated rings. The van der Waals surface area contributed by atoms with Gasteiger partial charge in [0.15, 0.2) is 0 Å². The number of hydrogen-bond donors (Lipinski definition) is 2. The maximum Gasteiger partial charge on any atom is 0.393 e. The molecule has 2 aromatic carbocycles. The summed E-state index contributed by atoms with van der Waals surface area (Å²) in [6.45, 7) is 2.30. The van der Waals surface area contributed by atoms with Crippen molar-refractivity contribution in [2.45, 2.75) is 31.2 Å². The van der Waals surface area contributed by atoms with E-state index >= 15 is 0 Å². The van der Waals surface area contributed by atoms with Crippen LogP contribution >= 0.6 is 18.5 Å². The van der Waals surface area contributed by atoms with E-state index in [9.17, 15) is 22.1 Å². The number of hydrogen-bond acceptors (Lipinski definition) is 7. The summed E-state index contributed by atoms with van der Waals surface area (Å²) in [6, 6.07) is 9.38. The van der Waals surface area contributed by atoms with E-state index in [1.54, 1.807) is 30.3 Å². The van der Waals surface area contributed by atoms with Crippen molar-refractivity contribution < 1.29 is 31.0 Å². The first-order chi connectivity index (χ1) is 21.6. The number of methoxy groups -OCH3 is 1. The molecule has 1 aromatic heterocycles. The fourth-order valence-electron chi connectivity index (χ4n) is 5.59. The van der Waals surface area contributed by atoms with E-state index in [-0.39, 0.29) is 29.3 Å². The minimum absolute atomic E-state index is 0.00358. The first-order valence-electron chi connectivity index (χ1n) is 15.6. The first-order valence-corrected chi connectivity index (χ1v) is 17.0. The minimum Gasteiger partial charge on any atom is -0.495 e. The quantitative estimate of drug-likeness (QED) is 0.192. The number of nitrogens with zero attached hydrogens (tertiary/aromatic N) is 2. The SMILES string of the molecule is [2H]C([2H])([2H])Oc1cc(P2(=O)CCN(C)CC2)ccc1NCC#Cc1sc2c(N[C@@H]3CCN(C)C[C@@H]3F)cccc2c1CC(F)(F)F. The van der Waals surface area contributed by atoms with Crippen LogP contribution in [0.3, 0.4) is 0 Å². The van der Waals surface area contributed by atoms with Gasteiger partial charge in [0.1, 0.15) is 19.1 Å². The Morgan fingerprint density at radius 2 is 1.93 bits per heavy atom. The number of likely N-dealkylation sites (tertiary alicyclic amines) is 1. The Kier molecular flexibility index (Phi) is 8.44. The van der Waals surface area contributed by atoms with Crippen LogP contribution in [0, 0.1) is 11.8 Å². The van der Waals surface area contributed by atoms with Gasteiger partial charge >= 0.3 is 6.18 Å². The summed E-state index contributed by atoms with van der Waals surface area (Å²) in [5.41, 5.74) is 0.944. The van der Waals surface area contributed by atoms with Gasteiger partial charge in [0.05, 0.1) is 51.1 Å². The molecule has 0 amide bonds. The van der Waals surface area contributed by atoms with Gasteiger partial charge in [0.2, 0.25) is 0 Å². The van der Waals surface area contributed by atoms with Gasteiger partial charge in [-0.2, -0.15) is 13.2 Å². The highest BCUT2D eigenvalue weighted by Crippen LogP contribution is 2.47. The van der Waals surface area contributed by atoms with Gasteiger partial charge in [0, 0.05) is 43.8 Å². The lowest BCUT2D eigenvalue weighted by molar-refractivity contribution is -0.126. The Balaban J connectivity index is 1.40. The topological polar surface area (TPSA) is 56.8 Å². The minimum atomic E-state index is -4.47. The van der Waals surface area contributed by atoms with E-state index in [4.69, 9.17) is 8.85 Å². The normalized spacial score (nSPS) is 22.6. The molecule has 43 heavy (non-hydrogen) atoms. The van der Waals surface area contributed by atoms with Crippen molar-refractivity contribution in [2.75, 3.05) is 76.8 Å². The number of benzene rings is 2. The molecular formula is C31H37F4N4O2PS. The second-order valence-corrected chi connectivity index (χ2v) is 15.5. The number of alkyl halides is 4. The van der Waals surface area contributed by atoms with Gasteiger partial charge in [0.25, 0.3) is 0 Å². The molecular weight excluding hydrogens is 599 g/mol. The molecule has 0 bridgehead atoms. The van der Waals surface area contributed by atoms with Crippen molar-refractivity contribution in [3.63, 3.8) is 0 Å². The summed E-state index contributed by atoms with van der Waals surface area (Å²) >= 11 is 1.13. The van der Waals surface area contributed by atoms with Crippen molar-refractivity contribution in [2.24, 2.45) is 0 Å². The highest BCUT2D eigenvalue weighted by Gasteiger charge is 2.33. The zero-order chi connectivity index (χ0) is 33.3. The zero-order valence-corrected chi connectivity index (χ0v) is 25.8. The maximum atomic E-state index is 14.8. The highest BCUT2D eigenvalue weighted by molar-refractivity contribution is 7.71. The molecule has 3 heterocycles. The van der Waals surface area contributed by atoms with Crippen molar-refractivity contribution >= 4 is 45.2 Å². The zero-order valence-electron chi connectivity index (χ0n) is 27.1. The Morgan fingerprint density at radius 3 is 2.65 bits per heavy atom. The van der Waals surface area contributed by atoms with Gasteiger partial charge in [-0.3, -0.25) is 0 Å². The number of piperidine rings is 1. The molecule has 0 saturated carbocycles. The van der Waals surface area contributed by atoms with Crippen molar-refractivity contribution in [1.82, 2.24) is 9.80 Å². The second kappa shape index (κ2) is 13.1.